The topological polar surface area (TPSA) is 144 Å². The Morgan fingerprint density at radius 1 is 1.10 bits per heavy atom. The lowest BCUT2D eigenvalue weighted by Gasteiger charge is -2.45. The van der Waals surface area contributed by atoms with E-state index in [9.17, 15) is 13.9 Å². The van der Waals surface area contributed by atoms with Crippen molar-refractivity contribution in [3.63, 3.8) is 0 Å². The van der Waals surface area contributed by atoms with Crippen LogP contribution in [0.25, 0.3) is 22.4 Å². The van der Waals surface area contributed by atoms with Crippen LogP contribution in [-0.2, 0) is 6.54 Å². The Morgan fingerprint density at radius 2 is 1.95 bits per heavy atom. The van der Waals surface area contributed by atoms with Crippen LogP contribution in [-0.4, -0.2) is 59.5 Å². The first kappa shape index (κ1) is 25.8. The average Bonchev–Trinajstić information content (AvgIpc) is 3.29. The lowest BCUT2D eigenvalue weighted by atomic mass is 9.83. The summed E-state index contributed by atoms with van der Waals surface area (Å²) in [4.78, 5) is 23.9. The molecule has 1 aromatic carbocycles. The van der Waals surface area contributed by atoms with Crippen molar-refractivity contribution in [2.24, 2.45) is 10.7 Å². The van der Waals surface area contributed by atoms with Crippen molar-refractivity contribution in [2.75, 3.05) is 23.7 Å². The number of nitrogens with two attached hydrogens (primary N) is 2. The number of hydrogen-bond acceptors (Lipinski definition) is 9. The molecule has 5 N–H and O–H groups in total. The van der Waals surface area contributed by atoms with E-state index in [1.54, 1.807) is 36.8 Å². The van der Waals surface area contributed by atoms with Crippen molar-refractivity contribution >= 4 is 39.4 Å². The van der Waals surface area contributed by atoms with Gasteiger partial charge < -0.3 is 26.0 Å². The largest absolute Gasteiger partial charge is 0.400 e. The number of rotatable bonds is 4. The van der Waals surface area contributed by atoms with Gasteiger partial charge in [-0.15, -0.1) is 0 Å². The number of fused-ring (bicyclic) bond motifs is 1. The Hall–Kier alpha value is -4.42. The van der Waals surface area contributed by atoms with Gasteiger partial charge in [-0.05, 0) is 48.4 Å². The van der Waals surface area contributed by atoms with E-state index in [0.717, 1.165) is 23.4 Å². The van der Waals surface area contributed by atoms with Crippen LogP contribution in [0.4, 0.5) is 20.3 Å². The molecule has 1 saturated heterocycles. The zero-order valence-electron chi connectivity index (χ0n) is 21.0. The van der Waals surface area contributed by atoms with E-state index in [0.29, 0.717) is 47.6 Å². The molecule has 10 nitrogen and oxygen atoms in total. The summed E-state index contributed by atoms with van der Waals surface area (Å²) in [5.41, 5.74) is 15.0. The molecule has 0 amide bonds. The number of aromatic nitrogens is 5. The van der Waals surface area contributed by atoms with E-state index >= 15 is 0 Å². The highest BCUT2D eigenvalue weighted by atomic mass is 35.5. The van der Waals surface area contributed by atoms with Gasteiger partial charge in [-0.25, -0.2) is 23.7 Å². The van der Waals surface area contributed by atoms with Gasteiger partial charge in [0.05, 0.1) is 43.1 Å². The third kappa shape index (κ3) is 4.44. The summed E-state index contributed by atoms with van der Waals surface area (Å²) in [6, 6.07) is 5.45. The monoisotopic (exact) mass is 563 g/mol. The van der Waals surface area contributed by atoms with Crippen LogP contribution in [0.15, 0.2) is 72.0 Å². The summed E-state index contributed by atoms with van der Waals surface area (Å²) in [5.74, 6) is -1.65. The molecule has 0 saturated carbocycles. The fourth-order valence-electron chi connectivity index (χ4n) is 5.17. The van der Waals surface area contributed by atoms with E-state index in [4.69, 9.17) is 23.1 Å². The molecular formula is C27H24ClF2N9O. The summed E-state index contributed by atoms with van der Waals surface area (Å²) in [5, 5.41) is 11.3. The molecule has 4 aromatic rings. The maximum atomic E-state index is 14.1. The van der Waals surface area contributed by atoms with Crippen LogP contribution in [0, 0.1) is 11.6 Å². The number of benzene rings is 1. The Kier molecular flexibility index (Phi) is 6.43. The highest BCUT2D eigenvalue weighted by Crippen LogP contribution is 2.37. The van der Waals surface area contributed by atoms with Gasteiger partial charge in [0.2, 0.25) is 0 Å². The second kappa shape index (κ2) is 9.96. The third-order valence-electron chi connectivity index (χ3n) is 7.26. The van der Waals surface area contributed by atoms with Gasteiger partial charge in [-0.1, -0.05) is 17.7 Å². The number of aliphatic hydroxyl groups excluding tert-OH is 1. The molecule has 0 bridgehead atoms. The van der Waals surface area contributed by atoms with E-state index < -0.39 is 23.3 Å². The van der Waals surface area contributed by atoms with Gasteiger partial charge in [0, 0.05) is 17.8 Å². The maximum Gasteiger partial charge on any atom is 0.165 e. The zero-order valence-corrected chi connectivity index (χ0v) is 21.8. The number of hydrogen-bond donors (Lipinski definition) is 3. The number of allylic oxidation sites excluding steroid dienone is 3. The minimum Gasteiger partial charge on any atom is -0.400 e. The number of pyridine rings is 1. The standard InChI is InChI=1S/C27H24ClF2N9O/c28-23-3-1-2-21(31)27(37-23)12-38(7-6-22(27)40)20-10-33-19(15-4-5-17(29)18(30)8-15)9-16(20)11-39-14-36-24-25(32)34-13-35-26(24)39/h1-5,8-10,13-14,22,40H,6-7,11-12,31H2,(H2,32,34,35)/t22-,27-/m1/s1. The number of imidazole rings is 1. The van der Waals surface area contributed by atoms with Gasteiger partial charge in [-0.3, -0.25) is 9.98 Å². The predicted octanol–water partition coefficient (Wildman–Crippen LogP) is 3.16. The number of aliphatic hydroxyl groups is 1. The highest BCUT2D eigenvalue weighted by molar-refractivity contribution is 6.68. The zero-order chi connectivity index (χ0) is 28.0. The van der Waals surface area contributed by atoms with Crippen LogP contribution in [0.5, 0.6) is 0 Å². The number of nitrogens with zero attached hydrogens (tertiary/aromatic N) is 7. The van der Waals surface area contributed by atoms with Crippen molar-refractivity contribution in [3.05, 3.63) is 84.2 Å². The molecule has 0 unspecified atom stereocenters. The van der Waals surface area contributed by atoms with Gasteiger partial charge in [-0.2, -0.15) is 0 Å². The molecule has 3 aromatic heterocycles. The Morgan fingerprint density at radius 3 is 2.77 bits per heavy atom. The first-order valence-electron chi connectivity index (χ1n) is 12.4. The molecule has 1 spiro atoms. The number of anilines is 2. The second-order valence-electron chi connectivity index (χ2n) is 9.70. The van der Waals surface area contributed by atoms with E-state index in [2.05, 4.69) is 24.9 Å². The fraction of sp³-hybridized carbons (Fsp3) is 0.222. The van der Waals surface area contributed by atoms with E-state index in [-0.39, 0.29) is 17.5 Å². The number of piperidine rings is 1. The molecule has 40 heavy (non-hydrogen) atoms. The number of nitrogen functional groups attached to an aromatic ring is 1. The van der Waals surface area contributed by atoms with E-state index in [1.807, 2.05) is 9.47 Å². The van der Waals surface area contributed by atoms with Gasteiger partial charge in [0.15, 0.2) is 23.1 Å². The molecule has 2 atom stereocenters. The van der Waals surface area contributed by atoms with Crippen molar-refractivity contribution in [3.8, 4) is 11.3 Å². The molecule has 2 aliphatic heterocycles. The fourth-order valence-corrected chi connectivity index (χ4v) is 5.40. The van der Waals surface area contributed by atoms with Crippen molar-refractivity contribution < 1.29 is 13.9 Å². The molecule has 204 valence electrons. The normalized spacial score (nSPS) is 21.0. The Labute approximate surface area is 232 Å². The van der Waals surface area contributed by atoms with Gasteiger partial charge in [0.1, 0.15) is 22.6 Å². The Balaban J connectivity index is 1.46. The summed E-state index contributed by atoms with van der Waals surface area (Å²) in [7, 11) is 0. The van der Waals surface area contributed by atoms with Crippen molar-refractivity contribution in [2.45, 2.75) is 24.6 Å². The quantitative estimate of drug-likeness (QED) is 0.343. The molecule has 13 heteroatoms. The molecule has 0 radical (unpaired) electrons. The van der Waals surface area contributed by atoms with Crippen LogP contribution in [0.2, 0.25) is 0 Å². The average molecular weight is 564 g/mol. The smallest absolute Gasteiger partial charge is 0.165 e. The minimum atomic E-state index is -1.17. The molecule has 1 fully saturated rings. The first-order chi connectivity index (χ1) is 19.2. The lowest BCUT2D eigenvalue weighted by molar-refractivity contribution is 0.0850. The summed E-state index contributed by atoms with van der Waals surface area (Å²) >= 11 is 6.32. The first-order valence-corrected chi connectivity index (χ1v) is 12.8. The van der Waals surface area contributed by atoms with E-state index in [1.165, 1.54) is 12.4 Å². The number of halogens is 3. The second-order valence-corrected chi connectivity index (χ2v) is 10.1. The Bertz CT molecular complexity index is 1720. The molecule has 2 aliphatic rings. The van der Waals surface area contributed by atoms with Gasteiger partial charge in [0.25, 0.3) is 0 Å². The molecule has 0 aliphatic carbocycles. The van der Waals surface area contributed by atoms with Gasteiger partial charge >= 0.3 is 0 Å². The molecule has 5 heterocycles. The highest BCUT2D eigenvalue weighted by Gasteiger charge is 2.46. The van der Waals surface area contributed by atoms with Crippen LogP contribution in [0.3, 0.4) is 0 Å². The van der Waals surface area contributed by atoms with Crippen molar-refractivity contribution in [1.82, 2.24) is 24.5 Å². The third-order valence-corrected chi connectivity index (χ3v) is 7.47. The van der Waals surface area contributed by atoms with Crippen LogP contribution in [0.1, 0.15) is 12.0 Å². The van der Waals surface area contributed by atoms with Crippen LogP contribution >= 0.6 is 11.6 Å². The maximum absolute atomic E-state index is 14.1. The predicted molar refractivity (Wildman–Crippen MR) is 149 cm³/mol. The SMILES string of the molecule is NC1=CC=CC(Cl)=N[C@]12CN(c1cnc(-c3ccc(F)c(F)c3)cc1Cn1cnc3c(N)ncnc31)CC[C@H]2O. The minimum absolute atomic E-state index is 0.229. The summed E-state index contributed by atoms with van der Waals surface area (Å²) < 4.78 is 29.5. The summed E-state index contributed by atoms with van der Waals surface area (Å²) in [6.07, 6.45) is 9.16. The van der Waals surface area contributed by atoms with Crippen LogP contribution < -0.4 is 16.4 Å². The molecule has 6 rings (SSSR count). The lowest BCUT2D eigenvalue weighted by Crippen LogP contribution is -2.58. The number of aliphatic imine (C=N–C) groups is 1. The van der Waals surface area contributed by atoms with Crippen molar-refractivity contribution in [1.29, 1.82) is 0 Å². The summed E-state index contributed by atoms with van der Waals surface area (Å²) in [6.45, 7) is 1.01. The molecular weight excluding hydrogens is 540 g/mol.